The van der Waals surface area contributed by atoms with Gasteiger partial charge in [0.25, 0.3) is 0 Å². The number of aliphatic carboxylic acids is 1. The molecule has 0 aromatic carbocycles. The van der Waals surface area contributed by atoms with Crippen molar-refractivity contribution in [1.82, 2.24) is 9.80 Å². The van der Waals surface area contributed by atoms with Gasteiger partial charge in [0.05, 0.1) is 5.92 Å². The highest BCUT2D eigenvalue weighted by Crippen LogP contribution is 2.09. The lowest BCUT2D eigenvalue weighted by Gasteiger charge is -2.31. The highest BCUT2D eigenvalue weighted by molar-refractivity contribution is 7.98. The maximum atomic E-state index is 12.2. The van der Waals surface area contributed by atoms with Crippen LogP contribution in [0.2, 0.25) is 0 Å². The molecule has 0 aliphatic rings. The number of thioether (sulfide) groups is 1. The molecule has 0 saturated heterocycles. The maximum Gasteiger partial charge on any atom is 0.320 e. The van der Waals surface area contributed by atoms with Gasteiger partial charge < -0.3 is 14.9 Å². The molecule has 0 heterocycles. The van der Waals surface area contributed by atoms with Crippen LogP contribution in [0.15, 0.2) is 0 Å². The van der Waals surface area contributed by atoms with Crippen LogP contribution in [0.4, 0.5) is 4.79 Å². The SMILES string of the molecule is CCN(CC(C)C(=O)O)C(=O)N(C)C(C)CSC. The molecule has 0 rings (SSSR count). The average molecular weight is 276 g/mol. The molecule has 0 bridgehead atoms. The second kappa shape index (κ2) is 8.24. The standard InChI is InChI=1S/C12H24N2O3S/c1-6-14(7-9(2)11(15)16)12(17)13(4)10(3)8-18-5/h9-10H,6-8H2,1-5H3,(H,15,16). The topological polar surface area (TPSA) is 60.9 Å². The summed E-state index contributed by atoms with van der Waals surface area (Å²) in [6.07, 6.45) is 2.00. The number of urea groups is 1. The van der Waals surface area contributed by atoms with Crippen LogP contribution in [0.25, 0.3) is 0 Å². The Morgan fingerprint density at radius 2 is 1.89 bits per heavy atom. The van der Waals surface area contributed by atoms with E-state index in [2.05, 4.69) is 0 Å². The number of nitrogens with zero attached hydrogens (tertiary/aromatic N) is 2. The van der Waals surface area contributed by atoms with E-state index in [1.165, 1.54) is 0 Å². The summed E-state index contributed by atoms with van der Waals surface area (Å²) in [5.41, 5.74) is 0. The van der Waals surface area contributed by atoms with Gasteiger partial charge in [-0.15, -0.1) is 0 Å². The van der Waals surface area contributed by atoms with Crippen molar-refractivity contribution in [2.24, 2.45) is 5.92 Å². The molecule has 2 atom stereocenters. The highest BCUT2D eigenvalue weighted by atomic mass is 32.2. The van der Waals surface area contributed by atoms with Crippen LogP contribution in [0.5, 0.6) is 0 Å². The van der Waals surface area contributed by atoms with Gasteiger partial charge in [0.15, 0.2) is 0 Å². The Morgan fingerprint density at radius 1 is 1.33 bits per heavy atom. The summed E-state index contributed by atoms with van der Waals surface area (Å²) in [5, 5.41) is 8.89. The number of carbonyl (C=O) groups excluding carboxylic acids is 1. The molecule has 0 radical (unpaired) electrons. The van der Waals surface area contributed by atoms with Crippen molar-refractivity contribution in [2.45, 2.75) is 26.8 Å². The van der Waals surface area contributed by atoms with Crippen molar-refractivity contribution in [3.05, 3.63) is 0 Å². The third-order valence-corrected chi connectivity index (χ3v) is 3.75. The van der Waals surface area contributed by atoms with Crippen molar-refractivity contribution >= 4 is 23.8 Å². The Labute approximate surface area is 114 Å². The van der Waals surface area contributed by atoms with Crippen LogP contribution in [0.1, 0.15) is 20.8 Å². The number of rotatable bonds is 7. The fraction of sp³-hybridized carbons (Fsp3) is 0.833. The molecule has 18 heavy (non-hydrogen) atoms. The summed E-state index contributed by atoms with van der Waals surface area (Å²) in [5.74, 6) is -0.548. The lowest BCUT2D eigenvalue weighted by molar-refractivity contribution is -0.141. The predicted octanol–water partition coefficient (Wildman–Crippen LogP) is 1.83. The van der Waals surface area contributed by atoms with E-state index in [1.54, 1.807) is 35.5 Å². The Morgan fingerprint density at radius 3 is 2.28 bits per heavy atom. The van der Waals surface area contributed by atoms with Crippen LogP contribution in [-0.4, -0.2) is 65.1 Å². The second-order valence-corrected chi connectivity index (χ2v) is 5.39. The van der Waals surface area contributed by atoms with Gasteiger partial charge in [0.1, 0.15) is 0 Å². The zero-order valence-corrected chi connectivity index (χ0v) is 12.7. The monoisotopic (exact) mass is 276 g/mol. The molecule has 5 nitrogen and oxygen atoms in total. The number of hydrogen-bond acceptors (Lipinski definition) is 3. The maximum absolute atomic E-state index is 12.2. The zero-order valence-electron chi connectivity index (χ0n) is 11.8. The molecular weight excluding hydrogens is 252 g/mol. The molecule has 0 aliphatic carbocycles. The van der Waals surface area contributed by atoms with Crippen molar-refractivity contribution in [3.8, 4) is 0 Å². The van der Waals surface area contributed by atoms with Crippen LogP contribution in [-0.2, 0) is 4.79 Å². The van der Waals surface area contributed by atoms with Crippen LogP contribution >= 0.6 is 11.8 Å². The van der Waals surface area contributed by atoms with Gasteiger partial charge >= 0.3 is 12.0 Å². The molecule has 2 unspecified atom stereocenters. The average Bonchev–Trinajstić information content (AvgIpc) is 2.33. The fourth-order valence-corrected chi connectivity index (χ4v) is 2.22. The lowest BCUT2D eigenvalue weighted by Crippen LogP contribution is -2.47. The van der Waals surface area contributed by atoms with Gasteiger partial charge in [-0.05, 0) is 20.1 Å². The van der Waals surface area contributed by atoms with Crippen LogP contribution in [0, 0.1) is 5.92 Å². The molecule has 2 amide bonds. The van der Waals surface area contributed by atoms with E-state index in [9.17, 15) is 9.59 Å². The molecule has 0 saturated carbocycles. The molecule has 106 valence electrons. The fourth-order valence-electron chi connectivity index (χ4n) is 1.52. The van der Waals surface area contributed by atoms with E-state index in [4.69, 9.17) is 5.11 Å². The largest absolute Gasteiger partial charge is 0.481 e. The molecular formula is C12H24N2O3S. The van der Waals surface area contributed by atoms with Crippen LogP contribution < -0.4 is 0 Å². The zero-order chi connectivity index (χ0) is 14.3. The Hall–Kier alpha value is -0.910. The summed E-state index contributed by atoms with van der Waals surface area (Å²) in [6, 6.07) is 0.0360. The first kappa shape index (κ1) is 17.1. The minimum absolute atomic E-state index is 0.104. The summed E-state index contributed by atoms with van der Waals surface area (Å²) < 4.78 is 0. The third-order valence-electron chi connectivity index (χ3n) is 2.94. The molecule has 0 aromatic heterocycles. The van der Waals surface area contributed by atoms with Gasteiger partial charge in [0.2, 0.25) is 0 Å². The molecule has 1 N–H and O–H groups in total. The number of carboxylic acids is 1. The quantitative estimate of drug-likeness (QED) is 0.770. The Balaban J connectivity index is 4.55. The number of carboxylic acid groups (broad SMARTS) is 1. The normalized spacial score (nSPS) is 13.8. The molecule has 0 aromatic rings. The van der Waals surface area contributed by atoms with E-state index in [1.807, 2.05) is 20.1 Å². The Bertz CT molecular complexity index is 286. The smallest absolute Gasteiger partial charge is 0.320 e. The van der Waals surface area contributed by atoms with Crippen molar-refractivity contribution < 1.29 is 14.7 Å². The highest BCUT2D eigenvalue weighted by Gasteiger charge is 2.24. The second-order valence-electron chi connectivity index (χ2n) is 4.48. The van der Waals surface area contributed by atoms with Gasteiger partial charge in [-0.1, -0.05) is 6.92 Å². The van der Waals surface area contributed by atoms with Gasteiger partial charge in [0, 0.05) is 31.9 Å². The van der Waals surface area contributed by atoms with E-state index >= 15 is 0 Å². The number of hydrogen-bond donors (Lipinski definition) is 1. The first-order valence-electron chi connectivity index (χ1n) is 6.08. The first-order chi connectivity index (χ1) is 8.34. The summed E-state index contributed by atoms with van der Waals surface area (Å²) in [6.45, 7) is 6.24. The minimum atomic E-state index is -0.874. The van der Waals surface area contributed by atoms with Crippen molar-refractivity contribution in [1.29, 1.82) is 0 Å². The number of carbonyl (C=O) groups is 2. The molecule has 0 spiro atoms. The van der Waals surface area contributed by atoms with Gasteiger partial charge in [-0.2, -0.15) is 11.8 Å². The van der Waals surface area contributed by atoms with E-state index in [-0.39, 0.29) is 18.6 Å². The predicted molar refractivity (Wildman–Crippen MR) is 75.0 cm³/mol. The van der Waals surface area contributed by atoms with E-state index in [0.717, 1.165) is 5.75 Å². The number of amides is 2. The minimum Gasteiger partial charge on any atom is -0.481 e. The summed E-state index contributed by atoms with van der Waals surface area (Å²) in [7, 11) is 1.76. The first-order valence-corrected chi connectivity index (χ1v) is 7.47. The van der Waals surface area contributed by atoms with Gasteiger partial charge in [-0.3, -0.25) is 4.79 Å². The van der Waals surface area contributed by atoms with Gasteiger partial charge in [-0.25, -0.2) is 4.79 Å². The molecule has 0 fully saturated rings. The third kappa shape index (κ3) is 5.16. The van der Waals surface area contributed by atoms with E-state index < -0.39 is 11.9 Å². The lowest BCUT2D eigenvalue weighted by atomic mass is 10.2. The molecule has 6 heteroatoms. The van der Waals surface area contributed by atoms with Crippen molar-refractivity contribution in [2.75, 3.05) is 32.1 Å². The Kier molecular flexibility index (Phi) is 7.82. The summed E-state index contributed by atoms with van der Waals surface area (Å²) in [4.78, 5) is 26.3. The molecule has 0 aliphatic heterocycles. The van der Waals surface area contributed by atoms with Crippen LogP contribution in [0.3, 0.4) is 0 Å². The summed E-state index contributed by atoms with van der Waals surface area (Å²) >= 11 is 1.69. The van der Waals surface area contributed by atoms with E-state index in [0.29, 0.717) is 6.54 Å². The van der Waals surface area contributed by atoms with Crippen molar-refractivity contribution in [3.63, 3.8) is 0 Å².